The van der Waals surface area contributed by atoms with Gasteiger partial charge in [0, 0.05) is 6.07 Å². The lowest BCUT2D eigenvalue weighted by Crippen LogP contribution is -2.12. The Labute approximate surface area is 126 Å². The van der Waals surface area contributed by atoms with Crippen LogP contribution in [0.25, 0.3) is 0 Å². The van der Waals surface area contributed by atoms with Crippen molar-refractivity contribution >= 4 is 17.2 Å². The standard InChI is InChI=1S/C15H13F2NO2S/c1-19-13-4-2-9(6-11(13)15(18)21)8-20-14-5-3-10(16)7-12(14)17/h2-7H,8H2,1H3,(H2,18,21). The Hall–Kier alpha value is -2.21. The smallest absolute Gasteiger partial charge is 0.167 e. The van der Waals surface area contributed by atoms with Crippen LogP contribution in [0.15, 0.2) is 36.4 Å². The predicted octanol–water partition coefficient (Wildman–Crippen LogP) is 3.19. The first-order chi connectivity index (χ1) is 10.0. The van der Waals surface area contributed by atoms with Crippen molar-refractivity contribution in [2.45, 2.75) is 6.61 Å². The van der Waals surface area contributed by atoms with Crippen LogP contribution in [0.4, 0.5) is 8.78 Å². The fraction of sp³-hybridized carbons (Fsp3) is 0.133. The van der Waals surface area contributed by atoms with E-state index in [1.807, 2.05) is 0 Å². The average Bonchev–Trinajstić information content (AvgIpc) is 2.46. The molecule has 3 nitrogen and oxygen atoms in total. The number of hydrogen-bond donors (Lipinski definition) is 1. The number of benzene rings is 2. The van der Waals surface area contributed by atoms with Crippen molar-refractivity contribution < 1.29 is 18.3 Å². The Morgan fingerprint density at radius 2 is 1.86 bits per heavy atom. The molecule has 0 aliphatic carbocycles. The quantitative estimate of drug-likeness (QED) is 0.862. The predicted molar refractivity (Wildman–Crippen MR) is 79.6 cm³/mol. The van der Waals surface area contributed by atoms with Gasteiger partial charge in [-0.1, -0.05) is 18.3 Å². The van der Waals surface area contributed by atoms with Crippen LogP contribution in [-0.2, 0) is 6.61 Å². The number of methoxy groups -OCH3 is 1. The van der Waals surface area contributed by atoms with Crippen molar-refractivity contribution in [3.8, 4) is 11.5 Å². The molecule has 0 aliphatic heterocycles. The minimum atomic E-state index is -0.752. The van der Waals surface area contributed by atoms with E-state index in [9.17, 15) is 8.78 Å². The van der Waals surface area contributed by atoms with Gasteiger partial charge < -0.3 is 15.2 Å². The van der Waals surface area contributed by atoms with E-state index in [2.05, 4.69) is 0 Å². The van der Waals surface area contributed by atoms with Gasteiger partial charge in [0.25, 0.3) is 0 Å². The second-order valence-corrected chi connectivity index (χ2v) is 4.70. The summed E-state index contributed by atoms with van der Waals surface area (Å²) in [5.41, 5.74) is 6.93. The van der Waals surface area contributed by atoms with Crippen LogP contribution < -0.4 is 15.2 Å². The highest BCUT2D eigenvalue weighted by Gasteiger charge is 2.09. The molecule has 110 valence electrons. The first-order valence-electron chi connectivity index (χ1n) is 6.06. The van der Waals surface area contributed by atoms with E-state index in [0.29, 0.717) is 11.3 Å². The van der Waals surface area contributed by atoms with E-state index in [1.165, 1.54) is 13.2 Å². The molecule has 21 heavy (non-hydrogen) atoms. The summed E-state index contributed by atoms with van der Waals surface area (Å²) in [4.78, 5) is 0.196. The second-order valence-electron chi connectivity index (χ2n) is 4.26. The van der Waals surface area contributed by atoms with Gasteiger partial charge in [-0.2, -0.15) is 0 Å². The van der Waals surface area contributed by atoms with Crippen LogP contribution in [0.1, 0.15) is 11.1 Å². The molecule has 0 saturated heterocycles. The first-order valence-corrected chi connectivity index (χ1v) is 6.46. The Bertz CT molecular complexity index is 677. The van der Waals surface area contributed by atoms with Crippen LogP contribution in [-0.4, -0.2) is 12.1 Å². The highest BCUT2D eigenvalue weighted by atomic mass is 32.1. The molecule has 2 N–H and O–H groups in total. The Morgan fingerprint density at radius 1 is 1.14 bits per heavy atom. The zero-order chi connectivity index (χ0) is 15.4. The van der Waals surface area contributed by atoms with Gasteiger partial charge in [0.15, 0.2) is 11.6 Å². The van der Waals surface area contributed by atoms with Crippen LogP contribution in [0, 0.1) is 11.6 Å². The Morgan fingerprint density at radius 3 is 2.48 bits per heavy atom. The monoisotopic (exact) mass is 309 g/mol. The molecule has 0 unspecified atom stereocenters. The van der Waals surface area contributed by atoms with E-state index in [0.717, 1.165) is 17.7 Å². The van der Waals surface area contributed by atoms with E-state index in [-0.39, 0.29) is 17.3 Å². The first kappa shape index (κ1) is 15.2. The van der Waals surface area contributed by atoms with Crippen LogP contribution in [0.5, 0.6) is 11.5 Å². The van der Waals surface area contributed by atoms with Crippen molar-refractivity contribution in [3.05, 3.63) is 59.2 Å². The van der Waals surface area contributed by atoms with Gasteiger partial charge in [-0.3, -0.25) is 0 Å². The molecule has 6 heteroatoms. The largest absolute Gasteiger partial charge is 0.496 e. The Kier molecular flexibility index (Phi) is 4.70. The molecule has 0 saturated carbocycles. The lowest BCUT2D eigenvalue weighted by atomic mass is 10.1. The molecule has 2 aromatic carbocycles. The van der Waals surface area contributed by atoms with Gasteiger partial charge in [0.05, 0.1) is 12.7 Å². The molecule has 0 atom stereocenters. The number of halogens is 2. The van der Waals surface area contributed by atoms with Gasteiger partial charge in [-0.15, -0.1) is 0 Å². The van der Waals surface area contributed by atoms with Gasteiger partial charge >= 0.3 is 0 Å². The zero-order valence-electron chi connectivity index (χ0n) is 11.2. The lowest BCUT2D eigenvalue weighted by molar-refractivity contribution is 0.289. The minimum absolute atomic E-state index is 0.0240. The molecule has 0 radical (unpaired) electrons. The van der Waals surface area contributed by atoms with E-state index in [1.54, 1.807) is 18.2 Å². The fourth-order valence-electron chi connectivity index (χ4n) is 1.79. The lowest BCUT2D eigenvalue weighted by Gasteiger charge is -2.11. The number of hydrogen-bond acceptors (Lipinski definition) is 3. The topological polar surface area (TPSA) is 44.5 Å². The summed E-state index contributed by atoms with van der Waals surface area (Å²) in [7, 11) is 1.52. The molecule has 0 bridgehead atoms. The summed E-state index contributed by atoms with van der Waals surface area (Å²) in [5, 5.41) is 0. The highest BCUT2D eigenvalue weighted by molar-refractivity contribution is 7.80. The summed E-state index contributed by atoms with van der Waals surface area (Å²) >= 11 is 4.94. The number of rotatable bonds is 5. The molecule has 0 aliphatic rings. The molecule has 0 fully saturated rings. The second kappa shape index (κ2) is 6.49. The molecule has 0 heterocycles. The molecule has 0 amide bonds. The molecule has 0 aromatic heterocycles. The third-order valence-corrected chi connectivity index (χ3v) is 3.04. The minimum Gasteiger partial charge on any atom is -0.496 e. The van der Waals surface area contributed by atoms with Crippen LogP contribution >= 0.6 is 12.2 Å². The van der Waals surface area contributed by atoms with E-state index in [4.69, 9.17) is 27.4 Å². The third kappa shape index (κ3) is 3.66. The normalized spacial score (nSPS) is 10.2. The molecular weight excluding hydrogens is 296 g/mol. The molecular formula is C15H13F2NO2S. The van der Waals surface area contributed by atoms with Crippen molar-refractivity contribution in [2.24, 2.45) is 5.73 Å². The van der Waals surface area contributed by atoms with Gasteiger partial charge in [-0.25, -0.2) is 8.78 Å². The third-order valence-electron chi connectivity index (χ3n) is 2.82. The fourth-order valence-corrected chi connectivity index (χ4v) is 1.95. The van der Waals surface area contributed by atoms with Crippen molar-refractivity contribution in [3.63, 3.8) is 0 Å². The molecule has 2 rings (SSSR count). The van der Waals surface area contributed by atoms with E-state index < -0.39 is 11.6 Å². The summed E-state index contributed by atoms with van der Waals surface area (Å²) in [6, 6.07) is 8.30. The molecule has 0 spiro atoms. The number of thiocarbonyl (C=S) groups is 1. The molecule has 2 aromatic rings. The average molecular weight is 309 g/mol. The number of ether oxygens (including phenoxy) is 2. The van der Waals surface area contributed by atoms with Crippen LogP contribution in [0.2, 0.25) is 0 Å². The zero-order valence-corrected chi connectivity index (χ0v) is 12.0. The summed E-state index contributed by atoms with van der Waals surface area (Å²) in [6.45, 7) is 0.0994. The van der Waals surface area contributed by atoms with Gasteiger partial charge in [0.2, 0.25) is 0 Å². The maximum atomic E-state index is 13.5. The summed E-state index contributed by atoms with van der Waals surface area (Å²) in [6.07, 6.45) is 0. The van der Waals surface area contributed by atoms with Gasteiger partial charge in [-0.05, 0) is 29.8 Å². The SMILES string of the molecule is COc1ccc(COc2ccc(F)cc2F)cc1C(N)=S. The van der Waals surface area contributed by atoms with Crippen molar-refractivity contribution in [2.75, 3.05) is 7.11 Å². The maximum Gasteiger partial charge on any atom is 0.167 e. The highest BCUT2D eigenvalue weighted by Crippen LogP contribution is 2.22. The maximum absolute atomic E-state index is 13.5. The Balaban J connectivity index is 2.16. The van der Waals surface area contributed by atoms with Crippen molar-refractivity contribution in [1.29, 1.82) is 0 Å². The van der Waals surface area contributed by atoms with Crippen molar-refractivity contribution in [1.82, 2.24) is 0 Å². The summed E-state index contributed by atoms with van der Waals surface area (Å²) < 4.78 is 36.7. The number of nitrogens with two attached hydrogens (primary N) is 1. The van der Waals surface area contributed by atoms with Crippen LogP contribution in [0.3, 0.4) is 0 Å². The van der Waals surface area contributed by atoms with Gasteiger partial charge in [0.1, 0.15) is 23.2 Å². The van der Waals surface area contributed by atoms with E-state index >= 15 is 0 Å². The summed E-state index contributed by atoms with van der Waals surface area (Å²) in [5.74, 6) is -0.874.